The minimum Gasteiger partial charge on any atom is -0.275 e. The van der Waals surface area contributed by atoms with Gasteiger partial charge in [0, 0.05) is 30.2 Å². The fourth-order valence-electron chi connectivity index (χ4n) is 1.83. The number of pyridine rings is 1. The van der Waals surface area contributed by atoms with E-state index < -0.39 is 0 Å². The maximum absolute atomic E-state index is 4.18. The number of nitrogens with one attached hydrogen (secondary N) is 1. The number of aromatic nitrogens is 5. The highest BCUT2D eigenvalue weighted by Gasteiger charge is 1.97. The molecular weight excluding hydrogens is 262 g/mol. The summed E-state index contributed by atoms with van der Waals surface area (Å²) >= 11 is 0. The lowest BCUT2D eigenvalue weighted by molar-refractivity contribution is 1.06. The van der Waals surface area contributed by atoms with Crippen LogP contribution in [0.15, 0.2) is 73.3 Å². The summed E-state index contributed by atoms with van der Waals surface area (Å²) in [5.41, 5.74) is 1.90. The highest BCUT2D eigenvalue weighted by atomic mass is 15.1. The molecule has 3 heterocycles. The lowest BCUT2D eigenvalue weighted by atomic mass is 10.2. The average molecular weight is 275 g/mol. The Balaban J connectivity index is 0.000000126. The van der Waals surface area contributed by atoms with E-state index in [0.717, 1.165) is 11.2 Å². The lowest BCUT2D eigenvalue weighted by Gasteiger charge is -1.91. The van der Waals surface area contributed by atoms with Gasteiger partial charge in [0.05, 0.1) is 5.52 Å². The van der Waals surface area contributed by atoms with Crippen molar-refractivity contribution in [2.75, 3.05) is 0 Å². The normalized spacial score (nSPS) is 9.90. The quantitative estimate of drug-likeness (QED) is 0.579. The van der Waals surface area contributed by atoms with Crippen LogP contribution < -0.4 is 0 Å². The monoisotopic (exact) mass is 275 g/mol. The van der Waals surface area contributed by atoms with Crippen molar-refractivity contribution in [3.05, 3.63) is 73.3 Å². The Bertz CT molecular complexity index is 732. The molecule has 1 aromatic carbocycles. The Hall–Kier alpha value is -3.08. The van der Waals surface area contributed by atoms with Gasteiger partial charge < -0.3 is 0 Å². The van der Waals surface area contributed by atoms with Gasteiger partial charge in [0.1, 0.15) is 5.69 Å². The molecule has 21 heavy (non-hydrogen) atoms. The van der Waals surface area contributed by atoms with E-state index in [1.807, 2.05) is 36.5 Å². The van der Waals surface area contributed by atoms with Gasteiger partial charge in [-0.1, -0.05) is 24.3 Å². The number of aromatic amines is 1. The highest BCUT2D eigenvalue weighted by Crippen LogP contribution is 2.08. The van der Waals surface area contributed by atoms with Crippen molar-refractivity contribution < 1.29 is 0 Å². The number of rotatable bonds is 1. The van der Waals surface area contributed by atoms with Crippen molar-refractivity contribution >= 4 is 10.9 Å². The number of hydrogen-bond donors (Lipinski definition) is 1. The number of nitrogens with zero attached hydrogens (tertiary/aromatic N) is 4. The van der Waals surface area contributed by atoms with Gasteiger partial charge in [-0.25, -0.2) is 9.97 Å². The number of fused-ring (bicyclic) bond motifs is 1. The average Bonchev–Trinajstić information content (AvgIpc) is 3.11. The summed E-state index contributed by atoms with van der Waals surface area (Å²) < 4.78 is 0. The van der Waals surface area contributed by atoms with Crippen LogP contribution in [0, 0.1) is 0 Å². The van der Waals surface area contributed by atoms with Gasteiger partial charge in [-0.05, 0) is 24.3 Å². The van der Waals surface area contributed by atoms with Crippen LogP contribution in [0.4, 0.5) is 0 Å². The number of benzene rings is 1. The topological polar surface area (TPSA) is 67.3 Å². The molecule has 3 aromatic heterocycles. The smallest absolute Gasteiger partial charge is 0.177 e. The Morgan fingerprint density at radius 3 is 2.19 bits per heavy atom. The van der Waals surface area contributed by atoms with Gasteiger partial charge in [0.15, 0.2) is 5.82 Å². The third-order valence-electron chi connectivity index (χ3n) is 2.82. The summed E-state index contributed by atoms with van der Waals surface area (Å²) in [5.74, 6) is 0.671. The molecule has 0 aliphatic heterocycles. The molecule has 0 radical (unpaired) electrons. The molecule has 0 bridgehead atoms. The Morgan fingerprint density at radius 1 is 0.667 bits per heavy atom. The first-order valence-corrected chi connectivity index (χ1v) is 6.50. The van der Waals surface area contributed by atoms with Crippen molar-refractivity contribution in [2.45, 2.75) is 0 Å². The van der Waals surface area contributed by atoms with Crippen molar-refractivity contribution in [3.8, 4) is 11.5 Å². The molecule has 0 saturated heterocycles. The molecule has 0 unspecified atom stereocenters. The molecule has 0 saturated carbocycles. The first kappa shape index (κ1) is 12.9. The van der Waals surface area contributed by atoms with Crippen molar-refractivity contribution in [1.29, 1.82) is 0 Å². The van der Waals surface area contributed by atoms with E-state index in [-0.39, 0.29) is 0 Å². The van der Waals surface area contributed by atoms with Crippen LogP contribution in [0.25, 0.3) is 22.4 Å². The van der Waals surface area contributed by atoms with E-state index in [0.29, 0.717) is 5.82 Å². The fraction of sp³-hybridized carbons (Fsp3) is 0. The predicted octanol–water partition coefficient (Wildman–Crippen LogP) is 3.10. The van der Waals surface area contributed by atoms with E-state index >= 15 is 0 Å². The zero-order valence-electron chi connectivity index (χ0n) is 11.2. The second-order valence-electron chi connectivity index (χ2n) is 4.24. The zero-order chi connectivity index (χ0) is 14.3. The molecule has 0 fully saturated rings. The van der Waals surface area contributed by atoms with Crippen LogP contribution >= 0.6 is 0 Å². The highest BCUT2D eigenvalue weighted by molar-refractivity contribution is 5.77. The standard InChI is InChI=1S/C9H7N.C7H6N4/c1-2-6-9-8(4-1)5-3-7-10-9;1-3-8-7(9-4-1)6-2-5-10-11-6/h1-7H;1-5H,(H,10,11). The predicted molar refractivity (Wildman–Crippen MR) is 81.4 cm³/mol. The van der Waals surface area contributed by atoms with Crippen LogP contribution in [0.3, 0.4) is 0 Å². The summed E-state index contributed by atoms with van der Waals surface area (Å²) in [5, 5.41) is 7.77. The fourth-order valence-corrected chi connectivity index (χ4v) is 1.83. The second-order valence-corrected chi connectivity index (χ2v) is 4.24. The van der Waals surface area contributed by atoms with Crippen LogP contribution in [-0.4, -0.2) is 25.1 Å². The molecular formula is C16H13N5. The maximum atomic E-state index is 4.18. The van der Waals surface area contributed by atoms with Gasteiger partial charge >= 0.3 is 0 Å². The molecule has 0 amide bonds. The summed E-state index contributed by atoms with van der Waals surface area (Å²) in [6, 6.07) is 15.7. The molecule has 5 nitrogen and oxygen atoms in total. The summed E-state index contributed by atoms with van der Waals surface area (Å²) in [6.07, 6.45) is 6.88. The van der Waals surface area contributed by atoms with Gasteiger partial charge in [0.2, 0.25) is 0 Å². The summed E-state index contributed by atoms with van der Waals surface area (Å²) in [4.78, 5) is 12.3. The molecule has 0 spiro atoms. The van der Waals surface area contributed by atoms with Crippen LogP contribution in [0.2, 0.25) is 0 Å². The van der Waals surface area contributed by atoms with Gasteiger partial charge in [0.25, 0.3) is 0 Å². The minimum atomic E-state index is 0.671. The van der Waals surface area contributed by atoms with Gasteiger partial charge in [-0.15, -0.1) is 0 Å². The summed E-state index contributed by atoms with van der Waals surface area (Å²) in [6.45, 7) is 0. The van der Waals surface area contributed by atoms with E-state index in [9.17, 15) is 0 Å². The van der Waals surface area contributed by atoms with Gasteiger partial charge in [-0.3, -0.25) is 10.1 Å². The van der Waals surface area contributed by atoms with Gasteiger partial charge in [-0.2, -0.15) is 5.10 Å². The Morgan fingerprint density at radius 2 is 1.43 bits per heavy atom. The largest absolute Gasteiger partial charge is 0.275 e. The number of hydrogen-bond acceptors (Lipinski definition) is 4. The van der Waals surface area contributed by atoms with Crippen LogP contribution in [0.1, 0.15) is 0 Å². The van der Waals surface area contributed by atoms with Crippen LogP contribution in [-0.2, 0) is 0 Å². The number of H-pyrrole nitrogens is 1. The van der Waals surface area contributed by atoms with E-state index in [1.54, 1.807) is 24.7 Å². The van der Waals surface area contributed by atoms with Crippen molar-refractivity contribution in [3.63, 3.8) is 0 Å². The first-order valence-electron chi connectivity index (χ1n) is 6.50. The van der Waals surface area contributed by atoms with E-state index in [1.165, 1.54) is 5.39 Å². The molecule has 102 valence electrons. The third kappa shape index (κ3) is 3.27. The molecule has 4 aromatic rings. The Labute approximate surface area is 121 Å². The first-order chi connectivity index (χ1) is 10.4. The van der Waals surface area contributed by atoms with E-state index in [4.69, 9.17) is 0 Å². The summed E-state index contributed by atoms with van der Waals surface area (Å²) in [7, 11) is 0. The second kappa shape index (κ2) is 6.38. The van der Waals surface area contributed by atoms with Crippen molar-refractivity contribution in [1.82, 2.24) is 25.1 Å². The molecule has 5 heteroatoms. The lowest BCUT2D eigenvalue weighted by Crippen LogP contribution is -1.85. The van der Waals surface area contributed by atoms with Crippen LogP contribution in [0.5, 0.6) is 0 Å². The van der Waals surface area contributed by atoms with Crippen molar-refractivity contribution in [2.24, 2.45) is 0 Å². The zero-order valence-corrected chi connectivity index (χ0v) is 11.2. The van der Waals surface area contributed by atoms with E-state index in [2.05, 4.69) is 37.3 Å². The SMILES string of the molecule is c1ccc2ncccc2c1.c1cnc(-c2ccn[nH]2)nc1. The number of para-hydroxylation sites is 1. The molecule has 0 aliphatic carbocycles. The molecule has 0 atom stereocenters. The minimum absolute atomic E-state index is 0.671. The maximum Gasteiger partial charge on any atom is 0.177 e. The Kier molecular flexibility index (Phi) is 3.93. The molecule has 4 rings (SSSR count). The third-order valence-corrected chi connectivity index (χ3v) is 2.82. The molecule has 1 N–H and O–H groups in total. The molecule has 0 aliphatic rings.